The number of hydrogen-bond donors (Lipinski definition) is 1. The number of ether oxygens (including phenoxy) is 2. The first-order valence-electron chi connectivity index (χ1n) is 17.5. The van der Waals surface area contributed by atoms with Crippen molar-refractivity contribution in [2.75, 3.05) is 26.7 Å². The molecule has 3 aromatic rings. The van der Waals surface area contributed by atoms with E-state index < -0.39 is 36.8 Å². The number of imidazole rings is 1. The first-order valence-corrected chi connectivity index (χ1v) is 14.2. The maximum absolute atomic E-state index is 12.1. The van der Waals surface area contributed by atoms with E-state index in [-0.39, 0.29) is 29.4 Å². The fraction of sp³-hybridized carbons (Fsp3) is 0.452. The number of aromatic nitrogens is 3. The quantitative estimate of drug-likeness (QED) is 0.316. The fourth-order valence-corrected chi connectivity index (χ4v) is 5.32. The van der Waals surface area contributed by atoms with Crippen molar-refractivity contribution in [3.8, 4) is 23.3 Å². The Morgan fingerprint density at radius 3 is 2.85 bits per heavy atom. The van der Waals surface area contributed by atoms with Crippen LogP contribution < -0.4 is 10.1 Å². The minimum absolute atomic E-state index is 0.0764. The number of nitrogens with one attached hydrogen (secondary N) is 1. The van der Waals surface area contributed by atoms with Gasteiger partial charge in [-0.3, -0.25) is 9.55 Å². The van der Waals surface area contributed by atoms with Gasteiger partial charge >= 0.3 is 6.09 Å². The molecule has 1 amide bonds. The summed E-state index contributed by atoms with van der Waals surface area (Å²) in [7, 11) is 2.04. The second kappa shape index (κ2) is 14.1. The minimum atomic E-state index is -3.34. The number of amides is 1. The highest BCUT2D eigenvalue weighted by atomic mass is 35.5. The van der Waals surface area contributed by atoms with Gasteiger partial charge in [0.05, 0.1) is 28.8 Å². The third kappa shape index (κ3) is 7.97. The number of alkyl carbamates (subject to hydrolysis) is 1. The molecule has 1 aliphatic heterocycles. The Balaban J connectivity index is 1.32. The molecular weight excluding hydrogens is 558 g/mol. The van der Waals surface area contributed by atoms with Gasteiger partial charge in [-0.15, -0.1) is 0 Å². The summed E-state index contributed by atoms with van der Waals surface area (Å²) in [5.74, 6) is 6.09. The van der Waals surface area contributed by atoms with Crippen molar-refractivity contribution in [1.29, 1.82) is 0 Å². The van der Waals surface area contributed by atoms with Crippen LogP contribution in [0.15, 0.2) is 48.0 Å². The van der Waals surface area contributed by atoms with Crippen LogP contribution in [0.5, 0.6) is 5.75 Å². The van der Waals surface area contributed by atoms with E-state index in [0.29, 0.717) is 34.5 Å². The maximum Gasteiger partial charge on any atom is 0.408 e. The summed E-state index contributed by atoms with van der Waals surface area (Å²) in [6.45, 7) is 3.38. The highest BCUT2D eigenvalue weighted by Gasteiger charge is 2.22. The first-order chi connectivity index (χ1) is 23.3. The molecular formula is C31H36ClN5O3S. The molecule has 41 heavy (non-hydrogen) atoms. The molecule has 0 radical (unpaired) electrons. The Morgan fingerprint density at radius 1 is 1.29 bits per heavy atom. The van der Waals surface area contributed by atoms with E-state index in [9.17, 15) is 4.79 Å². The number of thioether (sulfide) groups is 1. The zero-order chi connectivity index (χ0) is 36.7. The van der Waals surface area contributed by atoms with Crippen LogP contribution in [-0.2, 0) is 11.3 Å². The number of halogens is 1. The smallest absolute Gasteiger partial charge is 0.408 e. The molecule has 5 rings (SSSR count). The molecule has 216 valence electrons. The van der Waals surface area contributed by atoms with Gasteiger partial charge in [0.25, 0.3) is 0 Å². The van der Waals surface area contributed by atoms with Crippen molar-refractivity contribution in [2.24, 2.45) is 0 Å². The third-order valence-electron chi connectivity index (χ3n) is 6.51. The zero-order valence-electron chi connectivity index (χ0n) is 31.7. The van der Waals surface area contributed by atoms with E-state index in [4.69, 9.17) is 33.4 Å². The second-order valence-corrected chi connectivity index (χ2v) is 10.9. The van der Waals surface area contributed by atoms with Gasteiger partial charge in [0, 0.05) is 35.4 Å². The van der Waals surface area contributed by atoms with Crippen LogP contribution in [-0.4, -0.2) is 63.5 Å². The van der Waals surface area contributed by atoms with E-state index in [1.807, 2.05) is 14.0 Å². The number of benzene rings is 1. The number of hydrogen-bond acceptors (Lipinski definition) is 7. The molecule has 10 heteroatoms. The van der Waals surface area contributed by atoms with Gasteiger partial charge < -0.3 is 19.7 Å². The molecule has 2 aromatic heterocycles. The van der Waals surface area contributed by atoms with Gasteiger partial charge in [0.15, 0.2) is 11.8 Å². The van der Waals surface area contributed by atoms with E-state index in [0.717, 1.165) is 31.5 Å². The van der Waals surface area contributed by atoms with Crippen molar-refractivity contribution in [3.05, 3.63) is 64.7 Å². The largest absolute Gasteiger partial charge is 0.486 e. The molecule has 0 spiro atoms. The Bertz CT molecular complexity index is 1770. The van der Waals surface area contributed by atoms with Crippen LogP contribution in [0.25, 0.3) is 5.69 Å². The Hall–Kier alpha value is -3.19. The third-order valence-corrected chi connectivity index (χ3v) is 7.68. The van der Waals surface area contributed by atoms with Crippen molar-refractivity contribution < 1.29 is 26.6 Å². The Labute approximate surface area is 263 Å². The monoisotopic (exact) mass is 602 g/mol. The zero-order valence-corrected chi connectivity index (χ0v) is 24.2. The number of likely N-dealkylation sites (tertiary alicyclic amines) is 1. The lowest BCUT2D eigenvalue weighted by molar-refractivity contribution is 0.147. The van der Waals surface area contributed by atoms with Crippen LogP contribution in [0.4, 0.5) is 4.79 Å². The van der Waals surface area contributed by atoms with Crippen molar-refractivity contribution in [2.45, 2.75) is 68.3 Å². The molecule has 2 aliphatic rings. The summed E-state index contributed by atoms with van der Waals surface area (Å²) >= 11 is 6.84. The molecule has 0 atom stereocenters. The summed E-state index contributed by atoms with van der Waals surface area (Å²) in [6.07, 6.45) is -7.65. The summed E-state index contributed by atoms with van der Waals surface area (Å²) in [5.41, 5.74) is 2.12. The summed E-state index contributed by atoms with van der Waals surface area (Å²) in [6, 6.07) is 6.66. The van der Waals surface area contributed by atoms with Crippen LogP contribution in [0.3, 0.4) is 0 Å². The predicted molar refractivity (Wildman–Crippen MR) is 162 cm³/mol. The molecule has 1 saturated carbocycles. The minimum Gasteiger partial charge on any atom is -0.486 e. The number of carbonyl (C=O) groups excluding carboxylic acids is 1. The summed E-state index contributed by atoms with van der Waals surface area (Å²) < 4.78 is 88.1. The number of pyridine rings is 1. The van der Waals surface area contributed by atoms with Crippen molar-refractivity contribution in [1.82, 2.24) is 24.8 Å². The van der Waals surface area contributed by atoms with Gasteiger partial charge in [-0.05, 0) is 82.5 Å². The molecule has 0 bridgehead atoms. The number of carbonyl (C=O) groups is 1. The van der Waals surface area contributed by atoms with Gasteiger partial charge in [-0.1, -0.05) is 47.9 Å². The van der Waals surface area contributed by atoms with Crippen molar-refractivity contribution >= 4 is 29.5 Å². The van der Waals surface area contributed by atoms with Crippen LogP contribution in [0.2, 0.25) is 5.02 Å². The van der Waals surface area contributed by atoms with Crippen LogP contribution in [0.1, 0.15) is 67.5 Å². The topological polar surface area (TPSA) is 81.5 Å². The summed E-state index contributed by atoms with van der Waals surface area (Å²) in [4.78, 5) is 22.8. The molecule has 8 nitrogen and oxygen atoms in total. The van der Waals surface area contributed by atoms with Gasteiger partial charge in [0.1, 0.15) is 12.4 Å². The molecule has 1 aromatic carbocycles. The second-order valence-electron chi connectivity index (χ2n) is 9.50. The molecule has 1 N–H and O–H groups in total. The normalized spacial score (nSPS) is 25.2. The SMILES string of the molecule is [2H]C1([2H])C([2H])([2H])C([2H])([2H])C([2H])(Sc2ncc(COc3cc(C)c(C#CCOC(=O)NC4CCN(C)CC4)cc3Cl)n2-c2cccnc2)C1([2H])[2H]. The lowest BCUT2D eigenvalue weighted by atomic mass is 10.1. The first kappa shape index (κ1) is 19.8. The molecule has 1 saturated heterocycles. The van der Waals surface area contributed by atoms with E-state index >= 15 is 0 Å². The highest BCUT2D eigenvalue weighted by Crippen LogP contribution is 2.36. The molecule has 1 aliphatic carbocycles. The molecule has 3 heterocycles. The highest BCUT2D eigenvalue weighted by molar-refractivity contribution is 7.99. The average molecular weight is 603 g/mol. The van der Waals surface area contributed by atoms with E-state index in [1.165, 1.54) is 23.2 Å². The van der Waals surface area contributed by atoms with Gasteiger partial charge in [0.2, 0.25) is 0 Å². The van der Waals surface area contributed by atoms with Crippen LogP contribution in [0, 0.1) is 18.8 Å². The molecule has 0 unspecified atom stereocenters. The summed E-state index contributed by atoms with van der Waals surface area (Å²) in [5, 5.41) is 0.0210. The number of nitrogens with zero attached hydrogens (tertiary/aromatic N) is 4. The van der Waals surface area contributed by atoms with Gasteiger partial charge in [-0.2, -0.15) is 0 Å². The van der Waals surface area contributed by atoms with Crippen LogP contribution >= 0.6 is 23.4 Å². The van der Waals surface area contributed by atoms with Gasteiger partial charge in [-0.25, -0.2) is 9.78 Å². The standard InChI is InChI=1S/C31H36ClN5O3S/c1-22-17-29(28(32)18-23(22)7-6-16-39-31(38)35-24-11-14-36(2)15-12-24)40-21-26-20-34-30(41-27-9-3-4-10-27)37(26)25-8-5-13-33-19-25/h5,8,13,17-20,24,27H,3-4,9-12,14-16,21H2,1-2H3,(H,35,38)/i3D2,4D2,9D2,10D2,27D. The lowest BCUT2D eigenvalue weighted by Crippen LogP contribution is -2.43. The number of piperidine rings is 1. The average Bonchev–Trinajstić information content (AvgIpc) is 3.47. The maximum atomic E-state index is 12.1. The Morgan fingerprint density at radius 2 is 2.10 bits per heavy atom. The number of aryl methyl sites for hydroxylation is 1. The Kier molecular flexibility index (Phi) is 6.84. The predicted octanol–water partition coefficient (Wildman–Crippen LogP) is 6.01. The fourth-order valence-electron chi connectivity index (χ4n) is 4.30. The number of rotatable bonds is 8. The molecule has 2 fully saturated rings. The van der Waals surface area contributed by atoms with E-state index in [1.54, 1.807) is 24.3 Å². The van der Waals surface area contributed by atoms with Crippen molar-refractivity contribution in [3.63, 3.8) is 0 Å². The van der Waals surface area contributed by atoms with E-state index in [2.05, 4.69) is 32.0 Å². The lowest BCUT2D eigenvalue weighted by Gasteiger charge is -2.28.